The summed E-state index contributed by atoms with van der Waals surface area (Å²) in [4.78, 5) is 3.36. The quantitative estimate of drug-likeness (QED) is 0.357. The number of benzene rings is 4. The van der Waals surface area contributed by atoms with Gasteiger partial charge in [0.15, 0.2) is 0 Å². The van der Waals surface area contributed by atoms with Gasteiger partial charge in [-0.1, -0.05) is 60.6 Å². The minimum absolute atomic E-state index is 0.0193. The fourth-order valence-electron chi connectivity index (χ4n) is 3.77. The topological polar surface area (TPSA) is 20.7 Å². The van der Waals surface area contributed by atoms with E-state index in [1.165, 1.54) is 0 Å². The maximum absolute atomic E-state index is 8.92. The highest BCUT2D eigenvalue weighted by molar-refractivity contribution is 6.25. The van der Waals surface area contributed by atoms with Crippen molar-refractivity contribution in [1.29, 1.82) is 0 Å². The monoisotopic (exact) mass is 338 g/mol. The van der Waals surface area contributed by atoms with Crippen LogP contribution in [0.25, 0.3) is 49.3 Å². The van der Waals surface area contributed by atoms with Crippen molar-refractivity contribution in [2.45, 2.75) is 0 Å². The van der Waals surface area contributed by atoms with Gasteiger partial charge in [0, 0.05) is 32.7 Å². The highest BCUT2D eigenvalue weighted by atomic mass is 15.0. The van der Waals surface area contributed by atoms with Crippen molar-refractivity contribution in [2.24, 2.45) is 0 Å². The largest absolute Gasteiger partial charge is 0.354 e. The molecule has 0 fully saturated rings. The van der Waals surface area contributed by atoms with Crippen LogP contribution in [0, 0.1) is 0 Å². The van der Waals surface area contributed by atoms with Crippen molar-refractivity contribution in [3.05, 3.63) is 90.9 Å². The Morgan fingerprint density at radius 1 is 0.692 bits per heavy atom. The highest BCUT2D eigenvalue weighted by Gasteiger charge is 2.16. The van der Waals surface area contributed by atoms with Crippen molar-refractivity contribution < 1.29 is 8.22 Å². The zero-order chi connectivity index (χ0) is 22.3. The highest BCUT2D eigenvalue weighted by Crippen LogP contribution is 2.38. The Bertz CT molecular complexity index is 1730. The van der Waals surface area contributed by atoms with Crippen LogP contribution in [0.15, 0.2) is 90.9 Å². The number of hydrogen-bond acceptors (Lipinski definition) is 0. The molecule has 4 aromatic carbocycles. The lowest BCUT2D eigenvalue weighted by atomic mass is 10.1. The molecule has 1 N–H and O–H groups in total. The number of rotatable bonds is 1. The number of nitrogens with one attached hydrogen (secondary N) is 1. The maximum atomic E-state index is 8.92. The molecule has 0 bridgehead atoms. The summed E-state index contributed by atoms with van der Waals surface area (Å²) in [5, 5.41) is 2.27. The molecule has 26 heavy (non-hydrogen) atoms. The van der Waals surface area contributed by atoms with Crippen molar-refractivity contribution in [2.75, 3.05) is 0 Å². The summed E-state index contributed by atoms with van der Waals surface area (Å²) in [5.74, 6) is 0. The Labute approximate surface area is 158 Å². The number of H-pyrrole nitrogens is 1. The van der Waals surface area contributed by atoms with Gasteiger partial charge in [0.25, 0.3) is 0 Å². The molecule has 0 unspecified atom stereocenters. The van der Waals surface area contributed by atoms with E-state index in [-0.39, 0.29) is 36.3 Å². The smallest absolute Gasteiger partial charge is 0.0645 e. The first-order chi connectivity index (χ1) is 15.4. The zero-order valence-electron chi connectivity index (χ0n) is 19.6. The van der Waals surface area contributed by atoms with Gasteiger partial charge in [-0.05, 0) is 30.3 Å². The molecule has 0 aliphatic carbocycles. The fraction of sp³-hybridized carbons (Fsp3) is 0. The summed E-state index contributed by atoms with van der Waals surface area (Å²) >= 11 is 0. The van der Waals surface area contributed by atoms with E-state index in [4.69, 9.17) is 8.22 Å². The van der Waals surface area contributed by atoms with Crippen molar-refractivity contribution in [1.82, 2.24) is 9.55 Å². The standard InChI is InChI=1S/C24H16N2/c1-2-8-16(9-3-1)26-21-13-7-5-11-19(21)23-22(26)15-14-18-17-10-4-6-12-20(17)25-24(18)23/h1-15,25H/i5D,7D,11D,13D,14D,15D. The van der Waals surface area contributed by atoms with Gasteiger partial charge in [0.05, 0.1) is 24.8 Å². The molecule has 0 atom stereocenters. The van der Waals surface area contributed by atoms with Crippen LogP contribution in [0.4, 0.5) is 0 Å². The second-order valence-electron chi connectivity index (χ2n) is 6.29. The van der Waals surface area contributed by atoms with E-state index in [9.17, 15) is 0 Å². The predicted octanol–water partition coefficient (Wildman–Crippen LogP) is 6.42. The van der Waals surface area contributed by atoms with Gasteiger partial charge >= 0.3 is 0 Å². The third-order valence-electron chi connectivity index (χ3n) is 4.88. The molecular weight excluding hydrogens is 316 g/mol. The molecule has 0 amide bonds. The number of fused-ring (bicyclic) bond motifs is 7. The normalized spacial score (nSPS) is 15.1. The third kappa shape index (κ3) is 1.71. The Morgan fingerprint density at radius 2 is 1.50 bits per heavy atom. The molecule has 122 valence electrons. The number of hydrogen-bond donors (Lipinski definition) is 1. The first-order valence-corrected chi connectivity index (χ1v) is 8.41. The first kappa shape index (κ1) is 9.25. The molecule has 0 aliphatic heterocycles. The van der Waals surface area contributed by atoms with E-state index < -0.39 is 0 Å². The second kappa shape index (κ2) is 4.99. The number of aromatic amines is 1. The van der Waals surface area contributed by atoms with E-state index in [0.717, 1.165) is 10.9 Å². The van der Waals surface area contributed by atoms with Gasteiger partial charge in [0.1, 0.15) is 0 Å². The Morgan fingerprint density at radius 3 is 2.42 bits per heavy atom. The van der Waals surface area contributed by atoms with Crippen LogP contribution >= 0.6 is 0 Å². The Kier molecular flexibility index (Phi) is 1.78. The summed E-state index contributed by atoms with van der Waals surface area (Å²) in [6.45, 7) is 0. The van der Waals surface area contributed by atoms with Crippen LogP contribution in [0.3, 0.4) is 0 Å². The molecule has 6 aromatic rings. The van der Waals surface area contributed by atoms with Crippen molar-refractivity contribution in [3.63, 3.8) is 0 Å². The molecule has 6 rings (SSSR count). The van der Waals surface area contributed by atoms with Crippen LogP contribution in [0.1, 0.15) is 8.22 Å². The zero-order valence-corrected chi connectivity index (χ0v) is 13.6. The van der Waals surface area contributed by atoms with Gasteiger partial charge in [0.2, 0.25) is 0 Å². The minimum atomic E-state index is -0.326. The van der Waals surface area contributed by atoms with Gasteiger partial charge in [-0.15, -0.1) is 0 Å². The van der Waals surface area contributed by atoms with Gasteiger partial charge < -0.3 is 9.55 Å². The van der Waals surface area contributed by atoms with Gasteiger partial charge in [-0.3, -0.25) is 0 Å². The third-order valence-corrected chi connectivity index (χ3v) is 4.88. The lowest BCUT2D eigenvalue weighted by molar-refractivity contribution is 1.18. The van der Waals surface area contributed by atoms with Crippen LogP contribution in [0.2, 0.25) is 0 Å². The maximum Gasteiger partial charge on any atom is 0.0645 e. The summed E-state index contributed by atoms with van der Waals surface area (Å²) in [5.41, 5.74) is 2.77. The number of nitrogens with zero attached hydrogens (tertiary/aromatic N) is 1. The molecule has 2 aromatic heterocycles. The molecular formula is C24H16N2. The molecule has 0 spiro atoms. The Hall–Kier alpha value is -3.52. The average molecular weight is 338 g/mol. The fourth-order valence-corrected chi connectivity index (χ4v) is 3.77. The van der Waals surface area contributed by atoms with E-state index in [2.05, 4.69) is 4.98 Å². The van der Waals surface area contributed by atoms with Crippen LogP contribution in [-0.4, -0.2) is 9.55 Å². The summed E-state index contributed by atoms with van der Waals surface area (Å²) in [6.07, 6.45) is 0. The summed E-state index contributed by atoms with van der Waals surface area (Å²) < 4.78 is 53.3. The lowest BCUT2D eigenvalue weighted by Gasteiger charge is -2.07. The first-order valence-electron chi connectivity index (χ1n) is 11.4. The van der Waals surface area contributed by atoms with E-state index in [0.29, 0.717) is 38.4 Å². The SMILES string of the molecule is [2H]c1c([2H])c([2H])c2c(c1[2H])c1c3[nH]c4ccccc4c3c([2H])c([2H])c1n2-c1ccccc1. The van der Waals surface area contributed by atoms with Crippen LogP contribution < -0.4 is 0 Å². The molecule has 2 heterocycles. The van der Waals surface area contributed by atoms with Gasteiger partial charge in [-0.2, -0.15) is 0 Å². The second-order valence-corrected chi connectivity index (χ2v) is 6.29. The number of para-hydroxylation sites is 3. The molecule has 0 radical (unpaired) electrons. The predicted molar refractivity (Wildman–Crippen MR) is 110 cm³/mol. The number of aromatic nitrogens is 2. The lowest BCUT2D eigenvalue weighted by Crippen LogP contribution is -1.92. The van der Waals surface area contributed by atoms with Crippen molar-refractivity contribution in [3.8, 4) is 5.69 Å². The molecule has 0 saturated heterocycles. The average Bonchev–Trinajstić information content (AvgIpc) is 3.37. The van der Waals surface area contributed by atoms with Gasteiger partial charge in [-0.25, -0.2) is 0 Å². The molecule has 2 nitrogen and oxygen atoms in total. The summed E-state index contributed by atoms with van der Waals surface area (Å²) in [7, 11) is 0. The summed E-state index contributed by atoms with van der Waals surface area (Å²) in [6, 6.07) is 15.8. The van der Waals surface area contributed by atoms with Crippen LogP contribution in [-0.2, 0) is 0 Å². The van der Waals surface area contributed by atoms with E-state index >= 15 is 0 Å². The van der Waals surface area contributed by atoms with E-state index in [1.54, 1.807) is 4.57 Å². The molecule has 0 aliphatic rings. The minimum Gasteiger partial charge on any atom is -0.354 e. The van der Waals surface area contributed by atoms with Crippen molar-refractivity contribution >= 4 is 43.6 Å². The van der Waals surface area contributed by atoms with Crippen LogP contribution in [0.5, 0.6) is 0 Å². The van der Waals surface area contributed by atoms with E-state index in [1.807, 2.05) is 54.6 Å². The Balaban J connectivity index is 2.03. The molecule has 2 heteroatoms. The molecule has 0 saturated carbocycles.